The number of methoxy groups -OCH3 is 3. The number of benzene rings is 2. The van der Waals surface area contributed by atoms with Crippen LogP contribution in [0.5, 0.6) is 17.2 Å². The minimum absolute atomic E-state index is 0.0747. The zero-order chi connectivity index (χ0) is 21.0. The van der Waals surface area contributed by atoms with E-state index >= 15 is 0 Å². The number of nitrogens with one attached hydrogen (secondary N) is 2. The Bertz CT molecular complexity index is 874. The Labute approximate surface area is 176 Å². The first-order chi connectivity index (χ1) is 14.0. The summed E-state index contributed by atoms with van der Waals surface area (Å²) < 4.78 is 16.3. The van der Waals surface area contributed by atoms with E-state index < -0.39 is 0 Å². The van der Waals surface area contributed by atoms with Gasteiger partial charge in [-0.15, -0.1) is 0 Å². The van der Waals surface area contributed by atoms with Crippen molar-refractivity contribution in [3.8, 4) is 17.2 Å². The van der Waals surface area contributed by atoms with Crippen molar-refractivity contribution >= 4 is 23.2 Å². The third-order valence-electron chi connectivity index (χ3n) is 5.59. The normalized spacial score (nSPS) is 19.5. The van der Waals surface area contributed by atoms with Gasteiger partial charge in [-0.05, 0) is 43.3 Å². The van der Waals surface area contributed by atoms with Crippen molar-refractivity contribution in [1.82, 2.24) is 0 Å². The van der Waals surface area contributed by atoms with E-state index in [9.17, 15) is 4.79 Å². The molecule has 3 atom stereocenters. The summed E-state index contributed by atoms with van der Waals surface area (Å²) in [6.45, 7) is 2.86. The molecule has 1 saturated heterocycles. The summed E-state index contributed by atoms with van der Waals surface area (Å²) in [5.74, 6) is 2.11. The summed E-state index contributed by atoms with van der Waals surface area (Å²) in [4.78, 5) is 14.3. The van der Waals surface area contributed by atoms with Gasteiger partial charge in [-0.25, -0.2) is 0 Å². The Hall–Kier alpha value is -2.44. The molecule has 1 aliphatic rings. The van der Waals surface area contributed by atoms with Crippen LogP contribution in [-0.4, -0.2) is 39.8 Å². The third-order valence-corrected chi connectivity index (χ3v) is 5.82. The minimum Gasteiger partial charge on any atom is -0.497 e. The zero-order valence-electron chi connectivity index (χ0n) is 17.3. The molecule has 1 amide bonds. The van der Waals surface area contributed by atoms with Crippen molar-refractivity contribution in [2.45, 2.75) is 31.8 Å². The number of likely N-dealkylation sites (tertiary alicyclic amines) is 1. The molecule has 1 unspecified atom stereocenters. The Morgan fingerprint density at radius 1 is 1.10 bits per heavy atom. The Morgan fingerprint density at radius 3 is 2.52 bits per heavy atom. The topological polar surface area (TPSA) is 61.2 Å². The van der Waals surface area contributed by atoms with Gasteiger partial charge in [0.25, 0.3) is 5.91 Å². The van der Waals surface area contributed by atoms with Gasteiger partial charge in [-0.1, -0.05) is 11.6 Å². The molecule has 0 radical (unpaired) electrons. The number of amides is 1. The van der Waals surface area contributed by atoms with Crippen LogP contribution in [0.25, 0.3) is 0 Å². The maximum absolute atomic E-state index is 13.0. The van der Waals surface area contributed by atoms with E-state index in [1.807, 2.05) is 25.1 Å². The fraction of sp³-hybridized carbons (Fsp3) is 0.409. The van der Waals surface area contributed by atoms with Crippen LogP contribution in [0.3, 0.4) is 0 Å². The van der Waals surface area contributed by atoms with Crippen molar-refractivity contribution < 1.29 is 23.9 Å². The maximum Gasteiger partial charge on any atom is 0.282 e. The highest BCUT2D eigenvalue weighted by Crippen LogP contribution is 2.32. The number of halogens is 1. The standard InChI is InChI=1S/C22H27ClN2O4/c1-14(22(26)24-18-12-15(23)7-9-21(18)29-4)25-11-5-6-19(25)17-13-16(27-2)8-10-20(17)28-3/h7-10,12-14,19H,5-6,11H2,1-4H3,(H,24,26)/p+1/t14-,19-/m1/s1. The lowest BCUT2D eigenvalue weighted by molar-refractivity contribution is -0.932. The number of quaternary nitrogens is 1. The van der Waals surface area contributed by atoms with E-state index in [-0.39, 0.29) is 18.0 Å². The number of hydrogen-bond acceptors (Lipinski definition) is 4. The lowest BCUT2D eigenvalue weighted by Gasteiger charge is -2.28. The van der Waals surface area contributed by atoms with Crippen LogP contribution in [0.1, 0.15) is 31.4 Å². The first-order valence-corrected chi connectivity index (χ1v) is 10.1. The van der Waals surface area contributed by atoms with Crippen molar-refractivity contribution in [2.24, 2.45) is 0 Å². The van der Waals surface area contributed by atoms with Gasteiger partial charge < -0.3 is 24.4 Å². The van der Waals surface area contributed by atoms with Crippen LogP contribution >= 0.6 is 11.6 Å². The maximum atomic E-state index is 13.0. The Balaban J connectivity index is 1.82. The van der Waals surface area contributed by atoms with Crippen molar-refractivity contribution in [3.05, 3.63) is 47.0 Å². The Morgan fingerprint density at radius 2 is 1.83 bits per heavy atom. The van der Waals surface area contributed by atoms with Gasteiger partial charge in [0.15, 0.2) is 6.04 Å². The van der Waals surface area contributed by atoms with Crippen molar-refractivity contribution in [1.29, 1.82) is 0 Å². The van der Waals surface area contributed by atoms with E-state index in [1.54, 1.807) is 39.5 Å². The number of rotatable bonds is 7. The summed E-state index contributed by atoms with van der Waals surface area (Å²) in [5, 5.41) is 3.52. The number of carbonyl (C=O) groups is 1. The molecule has 6 nitrogen and oxygen atoms in total. The quantitative estimate of drug-likeness (QED) is 0.724. The smallest absolute Gasteiger partial charge is 0.282 e. The fourth-order valence-electron chi connectivity index (χ4n) is 4.04. The van der Waals surface area contributed by atoms with Crippen LogP contribution in [-0.2, 0) is 4.79 Å². The number of hydrogen-bond donors (Lipinski definition) is 2. The van der Waals surface area contributed by atoms with Crippen LogP contribution < -0.4 is 24.4 Å². The molecule has 156 valence electrons. The van der Waals surface area contributed by atoms with Crippen molar-refractivity contribution in [2.75, 3.05) is 33.2 Å². The van der Waals surface area contributed by atoms with Gasteiger partial charge in [-0.3, -0.25) is 4.79 Å². The van der Waals surface area contributed by atoms with Crippen LogP contribution in [0.2, 0.25) is 5.02 Å². The molecule has 0 spiro atoms. The summed E-state index contributed by atoms with van der Waals surface area (Å²) in [7, 11) is 4.89. The largest absolute Gasteiger partial charge is 0.497 e. The molecule has 0 bridgehead atoms. The van der Waals surface area contributed by atoms with Gasteiger partial charge in [0.2, 0.25) is 0 Å². The predicted octanol–water partition coefficient (Wildman–Crippen LogP) is 3.11. The van der Waals surface area contributed by atoms with Gasteiger partial charge in [-0.2, -0.15) is 0 Å². The highest BCUT2D eigenvalue weighted by atomic mass is 35.5. The van der Waals surface area contributed by atoms with Gasteiger partial charge in [0.05, 0.1) is 39.1 Å². The highest BCUT2D eigenvalue weighted by molar-refractivity contribution is 6.31. The first kappa shape index (κ1) is 21.3. The fourth-order valence-corrected chi connectivity index (χ4v) is 4.21. The molecule has 3 rings (SSSR count). The molecule has 0 aliphatic carbocycles. The second-order valence-electron chi connectivity index (χ2n) is 7.18. The molecule has 0 saturated carbocycles. The van der Waals surface area contributed by atoms with Crippen molar-refractivity contribution in [3.63, 3.8) is 0 Å². The van der Waals surface area contributed by atoms with Crippen LogP contribution in [0.4, 0.5) is 5.69 Å². The van der Waals surface area contributed by atoms with E-state index in [2.05, 4.69) is 5.32 Å². The molecule has 2 aromatic rings. The molecule has 7 heteroatoms. The van der Waals surface area contributed by atoms with Crippen LogP contribution in [0, 0.1) is 0 Å². The molecule has 29 heavy (non-hydrogen) atoms. The monoisotopic (exact) mass is 419 g/mol. The molecular weight excluding hydrogens is 392 g/mol. The lowest BCUT2D eigenvalue weighted by Crippen LogP contribution is -3.15. The SMILES string of the molecule is COc1ccc(OC)c([C@H]2CCC[NH+]2[C@H](C)C(=O)Nc2cc(Cl)ccc2OC)c1. The summed E-state index contributed by atoms with van der Waals surface area (Å²) in [6, 6.07) is 10.9. The molecular formula is C22H28ClN2O4+. The first-order valence-electron chi connectivity index (χ1n) is 9.70. The average molecular weight is 420 g/mol. The van der Waals surface area contributed by atoms with Crippen LogP contribution in [0.15, 0.2) is 36.4 Å². The molecule has 2 aromatic carbocycles. The highest BCUT2D eigenvalue weighted by Gasteiger charge is 2.38. The minimum atomic E-state index is -0.262. The van der Waals surface area contributed by atoms with E-state index in [0.29, 0.717) is 16.5 Å². The number of anilines is 1. The van der Waals surface area contributed by atoms with E-state index in [0.717, 1.165) is 36.4 Å². The molecule has 1 fully saturated rings. The lowest BCUT2D eigenvalue weighted by atomic mass is 10.0. The number of carbonyl (C=O) groups excluding carboxylic acids is 1. The van der Waals surface area contributed by atoms with E-state index in [1.165, 1.54) is 4.90 Å². The Kier molecular flexibility index (Phi) is 6.87. The molecule has 1 aliphatic heterocycles. The summed E-state index contributed by atoms with van der Waals surface area (Å²) in [6.07, 6.45) is 2.02. The molecule has 1 heterocycles. The summed E-state index contributed by atoms with van der Waals surface area (Å²) >= 11 is 6.09. The van der Waals surface area contributed by atoms with Gasteiger partial charge in [0, 0.05) is 17.9 Å². The second kappa shape index (κ2) is 9.37. The zero-order valence-corrected chi connectivity index (χ0v) is 18.0. The summed E-state index contributed by atoms with van der Waals surface area (Å²) in [5.41, 5.74) is 1.64. The van der Waals surface area contributed by atoms with Gasteiger partial charge >= 0.3 is 0 Å². The predicted molar refractivity (Wildman–Crippen MR) is 113 cm³/mol. The third kappa shape index (κ3) is 4.60. The van der Waals surface area contributed by atoms with E-state index in [4.69, 9.17) is 25.8 Å². The molecule has 2 N–H and O–H groups in total. The number of ether oxygens (including phenoxy) is 3. The second-order valence-corrected chi connectivity index (χ2v) is 7.62. The molecule has 0 aromatic heterocycles. The average Bonchev–Trinajstić information content (AvgIpc) is 3.22. The van der Waals surface area contributed by atoms with Gasteiger partial charge in [0.1, 0.15) is 23.3 Å².